The van der Waals surface area contributed by atoms with Crippen molar-refractivity contribution < 1.29 is 4.74 Å². The SMILES string of the molecule is COc1ccc2c(c1)nc(C1(CN)CCC1)n2C(C)C. The summed E-state index contributed by atoms with van der Waals surface area (Å²) in [6, 6.07) is 6.50. The lowest BCUT2D eigenvalue weighted by Gasteiger charge is -2.41. The summed E-state index contributed by atoms with van der Waals surface area (Å²) in [4.78, 5) is 4.91. The maximum absolute atomic E-state index is 6.07. The van der Waals surface area contributed by atoms with Crippen LogP contribution in [0.5, 0.6) is 5.75 Å². The monoisotopic (exact) mass is 273 g/mol. The molecule has 1 aromatic heterocycles. The first-order valence-electron chi connectivity index (χ1n) is 7.38. The van der Waals surface area contributed by atoms with E-state index in [1.165, 1.54) is 11.9 Å². The molecule has 1 aromatic carbocycles. The molecule has 0 unspecified atom stereocenters. The zero-order valence-electron chi connectivity index (χ0n) is 12.5. The standard InChI is InChI=1S/C16H23N3O/c1-11(2)19-14-6-5-12(20-3)9-13(14)18-15(19)16(10-17)7-4-8-16/h5-6,9,11H,4,7-8,10,17H2,1-3H3. The lowest BCUT2D eigenvalue weighted by molar-refractivity contribution is 0.228. The quantitative estimate of drug-likeness (QED) is 0.931. The highest BCUT2D eigenvalue weighted by Crippen LogP contribution is 2.44. The zero-order chi connectivity index (χ0) is 14.3. The van der Waals surface area contributed by atoms with Crippen LogP contribution in [0.3, 0.4) is 0 Å². The van der Waals surface area contributed by atoms with Crippen molar-refractivity contribution in [3.63, 3.8) is 0 Å². The third-order valence-electron chi connectivity index (χ3n) is 4.59. The van der Waals surface area contributed by atoms with E-state index in [1.54, 1.807) is 7.11 Å². The minimum Gasteiger partial charge on any atom is -0.497 e. The normalized spacial score (nSPS) is 17.4. The van der Waals surface area contributed by atoms with E-state index < -0.39 is 0 Å². The molecular formula is C16H23N3O. The second-order valence-corrected chi connectivity index (χ2v) is 6.09. The maximum Gasteiger partial charge on any atom is 0.121 e. The van der Waals surface area contributed by atoms with Gasteiger partial charge in [-0.05, 0) is 38.8 Å². The Morgan fingerprint density at radius 2 is 2.15 bits per heavy atom. The summed E-state index contributed by atoms with van der Waals surface area (Å²) in [5.74, 6) is 2.01. The smallest absolute Gasteiger partial charge is 0.121 e. The Balaban J connectivity index is 2.22. The molecule has 4 nitrogen and oxygen atoms in total. The van der Waals surface area contributed by atoms with E-state index in [-0.39, 0.29) is 5.41 Å². The summed E-state index contributed by atoms with van der Waals surface area (Å²) in [6.07, 6.45) is 3.55. The number of benzene rings is 1. The van der Waals surface area contributed by atoms with E-state index in [1.807, 2.05) is 12.1 Å². The topological polar surface area (TPSA) is 53.1 Å². The summed E-state index contributed by atoms with van der Waals surface area (Å²) in [5.41, 5.74) is 8.33. The number of fused-ring (bicyclic) bond motifs is 1. The number of nitrogens with zero attached hydrogens (tertiary/aromatic N) is 2. The second kappa shape index (κ2) is 4.77. The Morgan fingerprint density at radius 3 is 2.65 bits per heavy atom. The Hall–Kier alpha value is -1.55. The first-order valence-corrected chi connectivity index (χ1v) is 7.38. The van der Waals surface area contributed by atoms with Crippen LogP contribution < -0.4 is 10.5 Å². The van der Waals surface area contributed by atoms with Gasteiger partial charge in [0.25, 0.3) is 0 Å². The van der Waals surface area contributed by atoms with Gasteiger partial charge in [-0.3, -0.25) is 0 Å². The van der Waals surface area contributed by atoms with Gasteiger partial charge in [0.15, 0.2) is 0 Å². The third kappa shape index (κ3) is 1.82. The van der Waals surface area contributed by atoms with Crippen molar-refractivity contribution >= 4 is 11.0 Å². The van der Waals surface area contributed by atoms with Gasteiger partial charge in [-0.15, -0.1) is 0 Å². The van der Waals surface area contributed by atoms with Crippen LogP contribution in [0.25, 0.3) is 11.0 Å². The van der Waals surface area contributed by atoms with Crippen molar-refractivity contribution in [2.24, 2.45) is 5.73 Å². The van der Waals surface area contributed by atoms with Crippen molar-refractivity contribution in [3.8, 4) is 5.75 Å². The van der Waals surface area contributed by atoms with Gasteiger partial charge < -0.3 is 15.0 Å². The molecule has 0 saturated heterocycles. The number of rotatable bonds is 4. The fourth-order valence-electron chi connectivity index (χ4n) is 3.22. The molecule has 108 valence electrons. The Morgan fingerprint density at radius 1 is 1.40 bits per heavy atom. The summed E-state index contributed by atoms with van der Waals surface area (Å²) in [5, 5.41) is 0. The number of aromatic nitrogens is 2. The van der Waals surface area contributed by atoms with Gasteiger partial charge in [-0.2, -0.15) is 0 Å². The minimum atomic E-state index is 0.0799. The molecule has 1 fully saturated rings. The molecule has 0 bridgehead atoms. The van der Waals surface area contributed by atoms with Crippen LogP contribution in [-0.4, -0.2) is 23.2 Å². The van der Waals surface area contributed by atoms with E-state index in [9.17, 15) is 0 Å². The fourth-order valence-corrected chi connectivity index (χ4v) is 3.22. The predicted octanol–water partition coefficient (Wildman–Crippen LogP) is 3.01. The van der Waals surface area contributed by atoms with Crippen molar-refractivity contribution in [3.05, 3.63) is 24.0 Å². The lowest BCUT2D eigenvalue weighted by atomic mass is 9.68. The molecule has 1 saturated carbocycles. The Bertz CT molecular complexity index is 620. The van der Waals surface area contributed by atoms with E-state index in [0.29, 0.717) is 12.6 Å². The number of imidazole rings is 1. The van der Waals surface area contributed by atoms with Gasteiger partial charge in [0.2, 0.25) is 0 Å². The molecule has 2 aromatic rings. The number of hydrogen-bond acceptors (Lipinski definition) is 3. The van der Waals surface area contributed by atoms with Crippen molar-refractivity contribution in [2.45, 2.75) is 44.6 Å². The highest BCUT2D eigenvalue weighted by molar-refractivity contribution is 5.78. The fraction of sp³-hybridized carbons (Fsp3) is 0.562. The molecule has 0 aliphatic heterocycles. The lowest BCUT2D eigenvalue weighted by Crippen LogP contribution is -2.44. The molecule has 0 spiro atoms. The molecule has 1 aliphatic carbocycles. The van der Waals surface area contributed by atoms with Crippen LogP contribution in [0.4, 0.5) is 0 Å². The van der Waals surface area contributed by atoms with E-state index in [2.05, 4.69) is 24.5 Å². The van der Waals surface area contributed by atoms with Crippen LogP contribution in [0.2, 0.25) is 0 Å². The first-order chi connectivity index (χ1) is 9.61. The summed E-state index contributed by atoms with van der Waals surface area (Å²) in [7, 11) is 1.69. The van der Waals surface area contributed by atoms with Crippen molar-refractivity contribution in [2.75, 3.05) is 13.7 Å². The second-order valence-electron chi connectivity index (χ2n) is 6.09. The largest absolute Gasteiger partial charge is 0.497 e. The molecule has 0 atom stereocenters. The molecule has 3 rings (SSSR count). The molecule has 1 heterocycles. The number of ether oxygens (including phenoxy) is 1. The van der Waals surface area contributed by atoms with Crippen molar-refractivity contribution in [1.29, 1.82) is 0 Å². The van der Waals surface area contributed by atoms with E-state index in [4.69, 9.17) is 15.5 Å². The first kappa shape index (κ1) is 13.4. The molecular weight excluding hydrogens is 250 g/mol. The van der Waals surface area contributed by atoms with Gasteiger partial charge in [0.1, 0.15) is 11.6 Å². The van der Waals surface area contributed by atoms with Gasteiger partial charge in [0, 0.05) is 24.1 Å². The van der Waals surface area contributed by atoms with Gasteiger partial charge in [-0.1, -0.05) is 6.42 Å². The van der Waals surface area contributed by atoms with E-state index in [0.717, 1.165) is 29.9 Å². The number of methoxy groups -OCH3 is 1. The molecule has 20 heavy (non-hydrogen) atoms. The maximum atomic E-state index is 6.07. The number of nitrogens with two attached hydrogens (primary N) is 1. The van der Waals surface area contributed by atoms with Crippen LogP contribution in [0, 0.1) is 0 Å². The summed E-state index contributed by atoms with van der Waals surface area (Å²) < 4.78 is 7.66. The van der Waals surface area contributed by atoms with Gasteiger partial charge >= 0.3 is 0 Å². The highest BCUT2D eigenvalue weighted by atomic mass is 16.5. The molecule has 0 radical (unpaired) electrons. The average Bonchev–Trinajstić information content (AvgIpc) is 2.76. The summed E-state index contributed by atoms with van der Waals surface area (Å²) in [6.45, 7) is 5.09. The Labute approximate surface area is 119 Å². The summed E-state index contributed by atoms with van der Waals surface area (Å²) >= 11 is 0. The van der Waals surface area contributed by atoms with Crippen LogP contribution in [0.15, 0.2) is 18.2 Å². The average molecular weight is 273 g/mol. The predicted molar refractivity (Wildman–Crippen MR) is 81.3 cm³/mol. The van der Waals surface area contributed by atoms with Crippen LogP contribution >= 0.6 is 0 Å². The number of hydrogen-bond donors (Lipinski definition) is 1. The highest BCUT2D eigenvalue weighted by Gasteiger charge is 2.42. The zero-order valence-corrected chi connectivity index (χ0v) is 12.5. The Kier molecular flexibility index (Phi) is 3.21. The minimum absolute atomic E-state index is 0.0799. The molecule has 1 aliphatic rings. The van der Waals surface area contributed by atoms with E-state index >= 15 is 0 Å². The van der Waals surface area contributed by atoms with Gasteiger partial charge in [-0.25, -0.2) is 4.98 Å². The molecule has 4 heteroatoms. The van der Waals surface area contributed by atoms with Crippen LogP contribution in [-0.2, 0) is 5.41 Å². The van der Waals surface area contributed by atoms with Gasteiger partial charge in [0.05, 0.1) is 18.1 Å². The van der Waals surface area contributed by atoms with Crippen LogP contribution in [0.1, 0.15) is 45.0 Å². The third-order valence-corrected chi connectivity index (χ3v) is 4.59. The van der Waals surface area contributed by atoms with Crippen molar-refractivity contribution in [1.82, 2.24) is 9.55 Å². The molecule has 0 amide bonds. The molecule has 2 N–H and O–H groups in total.